The van der Waals surface area contributed by atoms with Gasteiger partial charge in [-0.25, -0.2) is 4.79 Å². The van der Waals surface area contributed by atoms with Gasteiger partial charge >= 0.3 is 5.97 Å². The van der Waals surface area contributed by atoms with Crippen molar-refractivity contribution in [3.63, 3.8) is 0 Å². The van der Waals surface area contributed by atoms with Gasteiger partial charge in [-0.3, -0.25) is 9.59 Å². The van der Waals surface area contributed by atoms with E-state index in [1.54, 1.807) is 74.5 Å². The predicted molar refractivity (Wildman–Crippen MR) is 145 cm³/mol. The Hall–Kier alpha value is -4.17. The van der Waals surface area contributed by atoms with E-state index in [1.807, 2.05) is 0 Å². The Morgan fingerprint density at radius 1 is 1.18 bits per heavy atom. The largest absolute Gasteiger partial charge is 0.462 e. The maximum absolute atomic E-state index is 13.2. The van der Waals surface area contributed by atoms with E-state index in [0.29, 0.717) is 62.7 Å². The lowest BCUT2D eigenvalue weighted by molar-refractivity contribution is -0.114. The van der Waals surface area contributed by atoms with Gasteiger partial charge in [0.1, 0.15) is 11.5 Å². The number of amides is 2. The summed E-state index contributed by atoms with van der Waals surface area (Å²) in [7, 11) is 0. The fourth-order valence-corrected chi connectivity index (χ4v) is 4.28. The zero-order chi connectivity index (χ0) is 26.8. The number of hydrazone groups is 1. The van der Waals surface area contributed by atoms with Crippen molar-refractivity contribution in [2.45, 2.75) is 26.7 Å². The summed E-state index contributed by atoms with van der Waals surface area (Å²) in [5, 5.41) is 8.93. The molecule has 2 amide bonds. The molecule has 2 heterocycles. The van der Waals surface area contributed by atoms with Gasteiger partial charge in [0.05, 0.1) is 39.7 Å². The second-order valence-electron chi connectivity index (χ2n) is 9.18. The van der Waals surface area contributed by atoms with E-state index in [1.165, 1.54) is 5.01 Å². The van der Waals surface area contributed by atoms with E-state index in [2.05, 4.69) is 10.4 Å². The third-order valence-corrected chi connectivity index (χ3v) is 6.65. The number of hydrogen-bond donors (Lipinski definition) is 1. The minimum Gasteiger partial charge on any atom is -0.462 e. The van der Waals surface area contributed by atoms with Crippen molar-refractivity contribution in [3.8, 4) is 11.3 Å². The van der Waals surface area contributed by atoms with Crippen LogP contribution in [0.15, 0.2) is 69.7 Å². The van der Waals surface area contributed by atoms with Gasteiger partial charge in [-0.15, -0.1) is 0 Å². The lowest BCUT2D eigenvalue weighted by Gasteiger charge is -2.12. The number of furan rings is 1. The van der Waals surface area contributed by atoms with Gasteiger partial charge in [0.2, 0.25) is 0 Å². The standard InChI is InChI=1S/C29H26ClN3O5/c1-3-37-29(36)20-5-4-6-21(13-20)33-28(35)23(17(2)32-33)15-22-10-12-26(38-22)19-9-11-25(30)24(14-19)27(34)31-16-18-7-8-18/h4-6,9-15,18H,3,7-8,16H2,1-2H3,(H,31,34)/b23-15-. The molecule has 2 aromatic carbocycles. The summed E-state index contributed by atoms with van der Waals surface area (Å²) in [6.45, 7) is 4.37. The molecule has 0 saturated heterocycles. The molecule has 194 valence electrons. The van der Waals surface area contributed by atoms with Gasteiger partial charge in [-0.2, -0.15) is 10.1 Å². The first-order chi connectivity index (χ1) is 18.3. The number of carbonyl (C=O) groups is 3. The summed E-state index contributed by atoms with van der Waals surface area (Å²) >= 11 is 6.29. The summed E-state index contributed by atoms with van der Waals surface area (Å²) < 4.78 is 11.0. The van der Waals surface area contributed by atoms with Crippen LogP contribution in [0.3, 0.4) is 0 Å². The van der Waals surface area contributed by atoms with Crippen molar-refractivity contribution in [1.82, 2.24) is 5.32 Å². The fourth-order valence-electron chi connectivity index (χ4n) is 4.07. The van der Waals surface area contributed by atoms with Crippen LogP contribution in [0.1, 0.15) is 53.2 Å². The molecule has 1 aromatic heterocycles. The molecule has 2 aliphatic rings. The van der Waals surface area contributed by atoms with E-state index >= 15 is 0 Å². The third-order valence-electron chi connectivity index (χ3n) is 6.32. The van der Waals surface area contributed by atoms with Crippen LogP contribution in [-0.2, 0) is 9.53 Å². The molecule has 3 aromatic rings. The number of nitrogens with one attached hydrogen (secondary N) is 1. The van der Waals surface area contributed by atoms with Gasteiger partial charge in [0, 0.05) is 12.1 Å². The Morgan fingerprint density at radius 3 is 2.76 bits per heavy atom. The Balaban J connectivity index is 1.35. The van der Waals surface area contributed by atoms with Crippen molar-refractivity contribution < 1.29 is 23.5 Å². The molecular weight excluding hydrogens is 506 g/mol. The molecule has 1 N–H and O–H groups in total. The Kier molecular flexibility index (Phi) is 7.15. The monoisotopic (exact) mass is 531 g/mol. The summed E-state index contributed by atoms with van der Waals surface area (Å²) in [5.74, 6) is 0.518. The fraction of sp³-hybridized carbons (Fsp3) is 0.241. The average molecular weight is 532 g/mol. The number of esters is 1. The molecule has 1 aliphatic heterocycles. The minimum absolute atomic E-state index is 0.215. The van der Waals surface area contributed by atoms with Gasteiger partial charge in [-0.05, 0) is 87.2 Å². The highest BCUT2D eigenvalue weighted by molar-refractivity contribution is 6.34. The molecule has 1 aliphatic carbocycles. The van der Waals surface area contributed by atoms with Crippen LogP contribution in [0.4, 0.5) is 5.69 Å². The normalized spacial score (nSPS) is 16.1. The summed E-state index contributed by atoms with van der Waals surface area (Å²) in [5.41, 5.74) is 2.74. The number of ether oxygens (including phenoxy) is 1. The van der Waals surface area contributed by atoms with E-state index < -0.39 is 5.97 Å². The van der Waals surface area contributed by atoms with E-state index in [9.17, 15) is 14.4 Å². The maximum Gasteiger partial charge on any atom is 0.338 e. The molecule has 8 nitrogen and oxygen atoms in total. The molecule has 38 heavy (non-hydrogen) atoms. The van der Waals surface area contributed by atoms with Crippen LogP contribution in [0.25, 0.3) is 17.4 Å². The van der Waals surface area contributed by atoms with E-state index in [-0.39, 0.29) is 18.4 Å². The van der Waals surface area contributed by atoms with Gasteiger partial charge in [0.15, 0.2) is 0 Å². The van der Waals surface area contributed by atoms with Crippen molar-refractivity contribution in [3.05, 3.63) is 82.1 Å². The molecule has 0 atom stereocenters. The van der Waals surface area contributed by atoms with Crippen molar-refractivity contribution >= 4 is 46.9 Å². The molecule has 0 bridgehead atoms. The van der Waals surface area contributed by atoms with Crippen LogP contribution in [0.2, 0.25) is 5.02 Å². The van der Waals surface area contributed by atoms with Crippen LogP contribution in [0, 0.1) is 5.92 Å². The second-order valence-corrected chi connectivity index (χ2v) is 9.59. The van der Waals surface area contributed by atoms with Crippen LogP contribution in [0.5, 0.6) is 0 Å². The number of halogens is 1. The molecule has 0 spiro atoms. The van der Waals surface area contributed by atoms with Gasteiger partial charge < -0.3 is 14.5 Å². The summed E-state index contributed by atoms with van der Waals surface area (Å²) in [4.78, 5) is 37.9. The molecule has 1 saturated carbocycles. The number of anilines is 1. The summed E-state index contributed by atoms with van der Waals surface area (Å²) in [6.07, 6.45) is 3.91. The van der Waals surface area contributed by atoms with Crippen LogP contribution >= 0.6 is 11.6 Å². The number of carbonyl (C=O) groups excluding carboxylic acids is 3. The molecule has 1 fully saturated rings. The molecule has 0 radical (unpaired) electrons. The number of nitrogens with zero attached hydrogens (tertiary/aromatic N) is 2. The second kappa shape index (κ2) is 10.7. The van der Waals surface area contributed by atoms with E-state index in [0.717, 1.165) is 12.8 Å². The van der Waals surface area contributed by atoms with Crippen molar-refractivity contribution in [2.75, 3.05) is 18.2 Å². The third kappa shape index (κ3) is 5.40. The lowest BCUT2D eigenvalue weighted by atomic mass is 10.1. The first kappa shape index (κ1) is 25.5. The Labute approximate surface area is 224 Å². The highest BCUT2D eigenvalue weighted by Crippen LogP contribution is 2.31. The van der Waals surface area contributed by atoms with Gasteiger partial charge in [-0.1, -0.05) is 17.7 Å². The molecule has 9 heteroatoms. The number of benzene rings is 2. The number of hydrogen-bond acceptors (Lipinski definition) is 6. The van der Waals surface area contributed by atoms with Gasteiger partial charge in [0.25, 0.3) is 11.8 Å². The molecule has 0 unspecified atom stereocenters. The first-order valence-electron chi connectivity index (χ1n) is 12.4. The predicted octanol–water partition coefficient (Wildman–Crippen LogP) is 5.72. The average Bonchev–Trinajstić information content (AvgIpc) is 3.56. The van der Waals surface area contributed by atoms with Crippen molar-refractivity contribution in [2.24, 2.45) is 11.0 Å². The van der Waals surface area contributed by atoms with Crippen molar-refractivity contribution in [1.29, 1.82) is 0 Å². The quantitative estimate of drug-likeness (QED) is 0.296. The molecular formula is C29H26ClN3O5. The highest BCUT2D eigenvalue weighted by atomic mass is 35.5. The zero-order valence-corrected chi connectivity index (χ0v) is 21.7. The zero-order valence-electron chi connectivity index (χ0n) is 21.0. The minimum atomic E-state index is -0.466. The first-order valence-corrected chi connectivity index (χ1v) is 12.8. The van der Waals surface area contributed by atoms with Crippen LogP contribution in [-0.4, -0.2) is 36.6 Å². The Morgan fingerprint density at radius 2 is 2.00 bits per heavy atom. The van der Waals surface area contributed by atoms with Crippen LogP contribution < -0.4 is 10.3 Å². The maximum atomic E-state index is 13.2. The SMILES string of the molecule is CCOC(=O)c1cccc(N2N=C(C)/C(=C/c3ccc(-c4ccc(Cl)c(C(=O)NCC5CC5)c4)o3)C2=O)c1. The molecule has 5 rings (SSSR count). The van der Waals surface area contributed by atoms with E-state index in [4.69, 9.17) is 20.8 Å². The Bertz CT molecular complexity index is 1480. The lowest BCUT2D eigenvalue weighted by Crippen LogP contribution is -2.25. The summed E-state index contributed by atoms with van der Waals surface area (Å²) in [6, 6.07) is 15.2. The smallest absolute Gasteiger partial charge is 0.338 e. The highest BCUT2D eigenvalue weighted by Gasteiger charge is 2.29. The topological polar surface area (TPSA) is 101 Å². The number of rotatable bonds is 8.